The zero-order valence-electron chi connectivity index (χ0n) is 18.0. The van der Waals surface area contributed by atoms with Gasteiger partial charge in [0.25, 0.3) is 0 Å². The van der Waals surface area contributed by atoms with Gasteiger partial charge in [-0.2, -0.15) is 4.98 Å². The summed E-state index contributed by atoms with van der Waals surface area (Å²) in [4.78, 5) is 20.3. The molecule has 2 rings (SSSR count). The fraction of sp³-hybridized carbons (Fsp3) is 0.409. The van der Waals surface area contributed by atoms with Gasteiger partial charge in [0.1, 0.15) is 5.82 Å². The summed E-state index contributed by atoms with van der Waals surface area (Å²) in [6.07, 6.45) is 3.81. The van der Waals surface area contributed by atoms with Crippen molar-refractivity contribution in [3.05, 3.63) is 41.6 Å². The Labute approximate surface area is 181 Å². The number of likely N-dealkylation sites (N-methyl/N-ethyl adjacent to an activating group) is 1. The summed E-state index contributed by atoms with van der Waals surface area (Å²) in [5.41, 5.74) is 0.978. The first-order valence-corrected chi connectivity index (χ1v) is 10.2. The van der Waals surface area contributed by atoms with Crippen LogP contribution in [0.25, 0.3) is 0 Å². The average molecular weight is 431 g/mol. The molecule has 0 radical (unpaired) electrons. The van der Waals surface area contributed by atoms with Crippen molar-refractivity contribution >= 4 is 23.4 Å². The van der Waals surface area contributed by atoms with Gasteiger partial charge >= 0.3 is 0 Å². The summed E-state index contributed by atoms with van der Waals surface area (Å²) in [6, 6.07) is 3.26. The summed E-state index contributed by atoms with van der Waals surface area (Å²) in [6.45, 7) is 5.08. The van der Waals surface area contributed by atoms with Crippen LogP contribution in [-0.4, -0.2) is 42.1 Å². The molecule has 0 fully saturated rings. The molecule has 4 N–H and O–H groups in total. The van der Waals surface area contributed by atoms with Crippen molar-refractivity contribution in [2.45, 2.75) is 39.2 Å². The Morgan fingerprint density at radius 3 is 2.74 bits per heavy atom. The van der Waals surface area contributed by atoms with E-state index in [1.165, 1.54) is 6.07 Å². The summed E-state index contributed by atoms with van der Waals surface area (Å²) in [5, 5.41) is 11.8. The van der Waals surface area contributed by atoms with Crippen LogP contribution in [0.5, 0.6) is 0 Å². The molecule has 7 nitrogen and oxygen atoms in total. The van der Waals surface area contributed by atoms with Crippen molar-refractivity contribution in [2.75, 3.05) is 30.8 Å². The van der Waals surface area contributed by atoms with Crippen LogP contribution >= 0.6 is 0 Å². The molecular formula is C22H28F2N6O. The number of anilines is 3. The summed E-state index contributed by atoms with van der Waals surface area (Å²) in [5.74, 6) is 5.02. The maximum Gasteiger partial charge on any atom is 0.236 e. The van der Waals surface area contributed by atoms with E-state index < -0.39 is 11.6 Å². The fourth-order valence-corrected chi connectivity index (χ4v) is 2.44. The molecule has 1 heterocycles. The van der Waals surface area contributed by atoms with E-state index in [9.17, 15) is 13.6 Å². The molecule has 0 aliphatic rings. The normalized spacial score (nSPS) is 11.3. The number of halogens is 2. The molecule has 0 unspecified atom stereocenters. The van der Waals surface area contributed by atoms with Gasteiger partial charge in [-0.3, -0.25) is 4.79 Å². The number of amides is 1. The van der Waals surface area contributed by atoms with Crippen molar-refractivity contribution < 1.29 is 13.6 Å². The first-order valence-electron chi connectivity index (χ1n) is 10.2. The van der Waals surface area contributed by atoms with E-state index in [0.717, 1.165) is 25.0 Å². The number of aromatic nitrogens is 2. The van der Waals surface area contributed by atoms with Gasteiger partial charge in [0.05, 0.1) is 17.8 Å². The molecule has 0 aliphatic heterocycles. The third-order valence-corrected chi connectivity index (χ3v) is 4.33. The third-order valence-electron chi connectivity index (χ3n) is 4.33. The lowest BCUT2D eigenvalue weighted by atomic mass is 10.2. The fourth-order valence-electron chi connectivity index (χ4n) is 2.44. The number of hydrogen-bond donors (Lipinski definition) is 4. The third kappa shape index (κ3) is 7.83. The average Bonchev–Trinajstić information content (AvgIpc) is 2.77. The van der Waals surface area contributed by atoms with Crippen LogP contribution in [0.3, 0.4) is 0 Å². The molecule has 166 valence electrons. The molecule has 31 heavy (non-hydrogen) atoms. The highest BCUT2D eigenvalue weighted by atomic mass is 19.2. The Morgan fingerprint density at radius 2 is 2.03 bits per heavy atom. The van der Waals surface area contributed by atoms with Crippen molar-refractivity contribution in [3.63, 3.8) is 0 Å². The van der Waals surface area contributed by atoms with Crippen LogP contribution < -0.4 is 21.3 Å². The predicted molar refractivity (Wildman–Crippen MR) is 118 cm³/mol. The summed E-state index contributed by atoms with van der Waals surface area (Å²) < 4.78 is 26.5. The second kappa shape index (κ2) is 12.4. The molecule has 0 saturated carbocycles. The molecular weight excluding hydrogens is 402 g/mol. The minimum absolute atomic E-state index is 0.0426. The van der Waals surface area contributed by atoms with E-state index in [2.05, 4.69) is 43.1 Å². The predicted octanol–water partition coefficient (Wildman–Crippen LogP) is 3.18. The van der Waals surface area contributed by atoms with Gasteiger partial charge in [0, 0.05) is 31.3 Å². The molecule has 1 atom stereocenters. The Morgan fingerprint density at radius 1 is 1.23 bits per heavy atom. The van der Waals surface area contributed by atoms with E-state index in [4.69, 9.17) is 0 Å². The lowest BCUT2D eigenvalue weighted by Crippen LogP contribution is -2.40. The van der Waals surface area contributed by atoms with Crippen LogP contribution in [0, 0.1) is 23.5 Å². The Hall–Kier alpha value is -3.25. The molecule has 0 aliphatic carbocycles. The number of hydrogen-bond acceptors (Lipinski definition) is 6. The van der Waals surface area contributed by atoms with E-state index >= 15 is 0 Å². The highest BCUT2D eigenvalue weighted by Gasteiger charge is 2.09. The lowest BCUT2D eigenvalue weighted by molar-refractivity contribution is -0.122. The quantitative estimate of drug-likeness (QED) is 0.342. The second-order valence-electron chi connectivity index (χ2n) is 6.84. The van der Waals surface area contributed by atoms with Crippen LogP contribution in [-0.2, 0) is 4.79 Å². The first-order chi connectivity index (χ1) is 14.9. The molecule has 2 aromatic rings. The van der Waals surface area contributed by atoms with Crippen LogP contribution in [0.4, 0.5) is 26.2 Å². The minimum atomic E-state index is -0.951. The summed E-state index contributed by atoms with van der Waals surface area (Å²) >= 11 is 0. The Bertz CT molecular complexity index is 941. The SMILES string of the molecule is CCCNc1nc(Nc2ccc(F)c(F)c2)ncc1C#CCCCNC(=O)[C@H](C)NC. The van der Waals surface area contributed by atoms with Crippen molar-refractivity contribution in [1.82, 2.24) is 20.6 Å². The smallest absolute Gasteiger partial charge is 0.236 e. The molecule has 1 aromatic heterocycles. The largest absolute Gasteiger partial charge is 0.369 e. The van der Waals surface area contributed by atoms with Crippen molar-refractivity contribution in [3.8, 4) is 11.8 Å². The van der Waals surface area contributed by atoms with Crippen molar-refractivity contribution in [1.29, 1.82) is 0 Å². The number of unbranched alkanes of at least 4 members (excludes halogenated alkanes) is 1. The zero-order chi connectivity index (χ0) is 22.6. The number of carbonyl (C=O) groups excluding carboxylic acids is 1. The van der Waals surface area contributed by atoms with Crippen molar-refractivity contribution in [2.24, 2.45) is 0 Å². The monoisotopic (exact) mass is 430 g/mol. The standard InChI is InChI=1S/C22H28F2N6O/c1-4-11-26-20-16(8-6-5-7-12-27-21(31)15(2)25-3)14-28-22(30-20)29-17-9-10-18(23)19(24)13-17/h9-10,13-15,25H,4-5,7,11-12H2,1-3H3,(H,27,31)(H2,26,28,29,30)/t15-/m0/s1. The van der Waals surface area contributed by atoms with E-state index in [1.54, 1.807) is 20.2 Å². The maximum atomic E-state index is 13.4. The topological polar surface area (TPSA) is 91.0 Å². The second-order valence-corrected chi connectivity index (χ2v) is 6.84. The molecule has 0 saturated heterocycles. The number of rotatable bonds is 10. The summed E-state index contributed by atoms with van der Waals surface area (Å²) in [7, 11) is 1.74. The molecule has 9 heteroatoms. The lowest BCUT2D eigenvalue weighted by Gasteiger charge is -2.10. The highest BCUT2D eigenvalue weighted by molar-refractivity contribution is 5.81. The van der Waals surface area contributed by atoms with Crippen LogP contribution in [0.15, 0.2) is 24.4 Å². The van der Waals surface area contributed by atoms with Gasteiger partial charge < -0.3 is 21.3 Å². The number of benzene rings is 1. The van der Waals surface area contributed by atoms with E-state index in [-0.39, 0.29) is 17.9 Å². The van der Waals surface area contributed by atoms with Crippen LogP contribution in [0.1, 0.15) is 38.7 Å². The molecule has 1 aromatic carbocycles. The van der Waals surface area contributed by atoms with Gasteiger partial charge in [-0.15, -0.1) is 0 Å². The Balaban J connectivity index is 2.00. The Kier molecular flexibility index (Phi) is 9.65. The van der Waals surface area contributed by atoms with E-state index in [1.807, 2.05) is 6.92 Å². The van der Waals surface area contributed by atoms with Gasteiger partial charge in [0.2, 0.25) is 11.9 Å². The molecule has 0 spiro atoms. The number of nitrogens with one attached hydrogen (secondary N) is 4. The number of carbonyl (C=O) groups is 1. The zero-order valence-corrected chi connectivity index (χ0v) is 18.0. The maximum absolute atomic E-state index is 13.4. The highest BCUT2D eigenvalue weighted by Crippen LogP contribution is 2.19. The van der Waals surface area contributed by atoms with Gasteiger partial charge in [0.15, 0.2) is 11.6 Å². The number of nitrogens with zero attached hydrogens (tertiary/aromatic N) is 2. The van der Waals surface area contributed by atoms with Gasteiger partial charge in [-0.1, -0.05) is 18.8 Å². The van der Waals surface area contributed by atoms with Gasteiger partial charge in [-0.25, -0.2) is 13.8 Å². The van der Waals surface area contributed by atoms with Gasteiger partial charge in [-0.05, 0) is 38.9 Å². The first kappa shape index (κ1) is 24.0. The van der Waals surface area contributed by atoms with E-state index in [0.29, 0.717) is 36.6 Å². The molecule has 1 amide bonds. The minimum Gasteiger partial charge on any atom is -0.369 e. The van der Waals surface area contributed by atoms with Crippen LogP contribution in [0.2, 0.25) is 0 Å². The molecule has 0 bridgehead atoms.